The highest BCUT2D eigenvalue weighted by atomic mass is 32.1. The molecule has 0 spiro atoms. The third-order valence-corrected chi connectivity index (χ3v) is 5.68. The molecule has 0 bridgehead atoms. The van der Waals surface area contributed by atoms with E-state index >= 15 is 0 Å². The Balaban J connectivity index is 1.52. The van der Waals surface area contributed by atoms with Crippen LogP contribution in [0.25, 0.3) is 9.88 Å². The van der Waals surface area contributed by atoms with Crippen molar-refractivity contribution in [2.75, 3.05) is 5.32 Å². The second-order valence-electron chi connectivity index (χ2n) is 5.22. The maximum atomic E-state index is 12.4. The molecule has 112 valence electrons. The first-order valence-electron chi connectivity index (χ1n) is 7.15. The van der Waals surface area contributed by atoms with Crippen LogP contribution in [0.2, 0.25) is 0 Å². The molecule has 7 heteroatoms. The van der Waals surface area contributed by atoms with Crippen LogP contribution in [0.15, 0.2) is 35.2 Å². The largest absolute Gasteiger partial charge is 0.305 e. The zero-order valence-electron chi connectivity index (χ0n) is 11.7. The molecule has 1 amide bonds. The Morgan fingerprint density at radius 3 is 2.95 bits per heavy atom. The molecule has 1 aliphatic rings. The summed E-state index contributed by atoms with van der Waals surface area (Å²) in [6, 6.07) is 6.25. The van der Waals surface area contributed by atoms with Gasteiger partial charge in [0.2, 0.25) is 0 Å². The van der Waals surface area contributed by atoms with Gasteiger partial charge >= 0.3 is 0 Å². The molecule has 1 N–H and O–H groups in total. The Kier molecular flexibility index (Phi) is 3.51. The van der Waals surface area contributed by atoms with Gasteiger partial charge in [0.05, 0.1) is 17.1 Å². The van der Waals surface area contributed by atoms with Crippen molar-refractivity contribution in [2.45, 2.75) is 25.3 Å². The average molecular weight is 330 g/mol. The molecule has 4 rings (SSSR count). The minimum atomic E-state index is -0.180. The SMILES string of the molecule is O=C(Nc1ccnn1C1CCC1)c1csc(-c2cccs2)n1. The Bertz CT molecular complexity index is 786. The van der Waals surface area contributed by atoms with Gasteiger partial charge in [0.1, 0.15) is 16.5 Å². The van der Waals surface area contributed by atoms with Gasteiger partial charge in [-0.2, -0.15) is 5.10 Å². The fourth-order valence-corrected chi connectivity index (χ4v) is 4.02. The van der Waals surface area contributed by atoms with E-state index in [2.05, 4.69) is 15.4 Å². The highest BCUT2D eigenvalue weighted by molar-refractivity contribution is 7.20. The molecule has 1 saturated carbocycles. The first-order chi connectivity index (χ1) is 10.8. The summed E-state index contributed by atoms with van der Waals surface area (Å²) in [5, 5.41) is 11.9. The fourth-order valence-electron chi connectivity index (χ4n) is 2.41. The number of carbonyl (C=O) groups is 1. The molecule has 1 fully saturated rings. The van der Waals surface area contributed by atoms with Gasteiger partial charge in [0.25, 0.3) is 5.91 Å². The molecule has 3 aromatic rings. The quantitative estimate of drug-likeness (QED) is 0.785. The van der Waals surface area contributed by atoms with E-state index in [0.29, 0.717) is 11.7 Å². The van der Waals surface area contributed by atoms with Crippen LogP contribution in [0.4, 0.5) is 5.82 Å². The van der Waals surface area contributed by atoms with E-state index in [1.165, 1.54) is 17.8 Å². The first kappa shape index (κ1) is 13.7. The normalized spacial score (nSPS) is 14.7. The second kappa shape index (κ2) is 5.66. The number of hydrogen-bond donors (Lipinski definition) is 1. The number of rotatable bonds is 4. The molecule has 0 saturated heterocycles. The van der Waals surface area contributed by atoms with Crippen LogP contribution in [-0.2, 0) is 0 Å². The van der Waals surface area contributed by atoms with Crippen molar-refractivity contribution in [1.82, 2.24) is 14.8 Å². The van der Waals surface area contributed by atoms with Crippen molar-refractivity contribution < 1.29 is 4.79 Å². The average Bonchev–Trinajstić information content (AvgIpc) is 3.18. The lowest BCUT2D eigenvalue weighted by atomic mass is 9.93. The van der Waals surface area contributed by atoms with Gasteiger partial charge in [-0.15, -0.1) is 22.7 Å². The number of nitrogens with one attached hydrogen (secondary N) is 1. The minimum Gasteiger partial charge on any atom is -0.305 e. The van der Waals surface area contributed by atoms with Crippen molar-refractivity contribution in [2.24, 2.45) is 0 Å². The molecule has 0 aliphatic heterocycles. The van der Waals surface area contributed by atoms with E-state index in [-0.39, 0.29) is 5.91 Å². The maximum Gasteiger partial charge on any atom is 0.276 e. The van der Waals surface area contributed by atoms with Gasteiger partial charge in [-0.3, -0.25) is 4.79 Å². The van der Waals surface area contributed by atoms with Crippen molar-refractivity contribution in [3.05, 3.63) is 40.8 Å². The molecular weight excluding hydrogens is 316 g/mol. The maximum absolute atomic E-state index is 12.4. The molecule has 0 radical (unpaired) electrons. The van der Waals surface area contributed by atoms with Crippen LogP contribution in [0, 0.1) is 0 Å². The second-order valence-corrected chi connectivity index (χ2v) is 7.02. The summed E-state index contributed by atoms with van der Waals surface area (Å²) in [7, 11) is 0. The fraction of sp³-hybridized carbons (Fsp3) is 0.267. The van der Waals surface area contributed by atoms with Gasteiger partial charge in [0, 0.05) is 11.4 Å². The number of hydrogen-bond acceptors (Lipinski definition) is 5. The van der Waals surface area contributed by atoms with Gasteiger partial charge in [0.15, 0.2) is 0 Å². The summed E-state index contributed by atoms with van der Waals surface area (Å²) in [5.41, 5.74) is 0.453. The van der Waals surface area contributed by atoms with E-state index in [0.717, 1.165) is 28.5 Å². The lowest BCUT2D eigenvalue weighted by Gasteiger charge is -2.27. The van der Waals surface area contributed by atoms with Crippen molar-refractivity contribution in [3.63, 3.8) is 0 Å². The van der Waals surface area contributed by atoms with Crippen LogP contribution in [0.5, 0.6) is 0 Å². The number of nitrogens with zero attached hydrogens (tertiary/aromatic N) is 3. The van der Waals surface area contributed by atoms with E-state index in [1.807, 2.05) is 28.3 Å². The Morgan fingerprint density at radius 2 is 2.23 bits per heavy atom. The Hall–Kier alpha value is -1.99. The molecular formula is C15H14N4OS2. The molecule has 3 heterocycles. The van der Waals surface area contributed by atoms with E-state index in [4.69, 9.17) is 0 Å². The topological polar surface area (TPSA) is 59.8 Å². The predicted octanol–water partition coefficient (Wildman–Crippen LogP) is 4.05. The van der Waals surface area contributed by atoms with Crippen LogP contribution < -0.4 is 5.32 Å². The van der Waals surface area contributed by atoms with Gasteiger partial charge in [-0.05, 0) is 30.7 Å². The summed E-state index contributed by atoms with van der Waals surface area (Å²) in [6.07, 6.45) is 5.22. The summed E-state index contributed by atoms with van der Waals surface area (Å²) in [4.78, 5) is 17.9. The van der Waals surface area contributed by atoms with Gasteiger partial charge < -0.3 is 5.32 Å². The lowest BCUT2D eigenvalue weighted by molar-refractivity contribution is 0.102. The molecule has 3 aromatic heterocycles. The smallest absolute Gasteiger partial charge is 0.276 e. The number of aromatic nitrogens is 3. The molecule has 1 aliphatic carbocycles. The minimum absolute atomic E-state index is 0.180. The third-order valence-electron chi connectivity index (χ3n) is 3.80. The highest BCUT2D eigenvalue weighted by Crippen LogP contribution is 2.33. The number of thiophene rings is 1. The number of carbonyl (C=O) groups excluding carboxylic acids is 1. The number of amides is 1. The molecule has 22 heavy (non-hydrogen) atoms. The lowest BCUT2D eigenvalue weighted by Crippen LogP contribution is -2.22. The third kappa shape index (κ3) is 2.46. The molecule has 0 atom stereocenters. The summed E-state index contributed by atoms with van der Waals surface area (Å²) in [5.74, 6) is 0.570. The number of anilines is 1. The standard InChI is InChI=1S/C15H14N4OS2/c20-14(11-9-22-15(17-11)12-5-2-8-21-12)18-13-6-7-16-19(13)10-3-1-4-10/h2,5-10H,1,3-4H2,(H,18,20). The predicted molar refractivity (Wildman–Crippen MR) is 88.5 cm³/mol. The molecule has 0 aromatic carbocycles. The van der Waals surface area contributed by atoms with Crippen molar-refractivity contribution in [1.29, 1.82) is 0 Å². The van der Waals surface area contributed by atoms with Crippen molar-refractivity contribution >= 4 is 34.4 Å². The van der Waals surface area contributed by atoms with E-state index < -0.39 is 0 Å². The monoisotopic (exact) mass is 330 g/mol. The number of thiazole rings is 1. The van der Waals surface area contributed by atoms with Crippen LogP contribution in [0.1, 0.15) is 35.8 Å². The van der Waals surface area contributed by atoms with Crippen LogP contribution in [0.3, 0.4) is 0 Å². The van der Waals surface area contributed by atoms with Crippen LogP contribution >= 0.6 is 22.7 Å². The highest BCUT2D eigenvalue weighted by Gasteiger charge is 2.23. The molecule has 0 unspecified atom stereocenters. The zero-order valence-corrected chi connectivity index (χ0v) is 13.4. The van der Waals surface area contributed by atoms with Gasteiger partial charge in [-0.1, -0.05) is 6.07 Å². The summed E-state index contributed by atoms with van der Waals surface area (Å²) >= 11 is 3.12. The Morgan fingerprint density at radius 1 is 1.32 bits per heavy atom. The summed E-state index contributed by atoms with van der Waals surface area (Å²) in [6.45, 7) is 0. The van der Waals surface area contributed by atoms with Gasteiger partial charge in [-0.25, -0.2) is 9.67 Å². The van der Waals surface area contributed by atoms with E-state index in [1.54, 1.807) is 22.9 Å². The van der Waals surface area contributed by atoms with Crippen molar-refractivity contribution in [3.8, 4) is 9.88 Å². The summed E-state index contributed by atoms with van der Waals surface area (Å²) < 4.78 is 1.91. The molecule has 5 nitrogen and oxygen atoms in total. The zero-order chi connectivity index (χ0) is 14.9. The van der Waals surface area contributed by atoms with Crippen LogP contribution in [-0.4, -0.2) is 20.7 Å². The Labute approximate surface area is 135 Å². The first-order valence-corrected chi connectivity index (χ1v) is 8.91. The van der Waals surface area contributed by atoms with E-state index in [9.17, 15) is 4.79 Å².